The zero-order chi connectivity index (χ0) is 33.6. The Bertz CT molecular complexity index is 1780. The van der Waals surface area contributed by atoms with Gasteiger partial charge in [-0.1, -0.05) is 109 Å². The van der Waals surface area contributed by atoms with E-state index in [0.717, 1.165) is 16.7 Å². The number of hydrogen-bond acceptors (Lipinski definition) is 6. The van der Waals surface area contributed by atoms with E-state index in [1.807, 2.05) is 91.0 Å². The number of carbonyl (C=O) groups excluding carboxylic acids is 1. The predicted molar refractivity (Wildman–Crippen MR) is 168 cm³/mol. The molecule has 0 aliphatic carbocycles. The number of nitrogens with one attached hydrogen (secondary N) is 1. The first-order valence-electron chi connectivity index (χ1n) is 16.6. The molecule has 7 nitrogen and oxygen atoms in total. The van der Waals surface area contributed by atoms with Crippen molar-refractivity contribution in [3.63, 3.8) is 0 Å². The second-order valence-electron chi connectivity index (χ2n) is 10.7. The molecule has 0 amide bonds. The highest BCUT2D eigenvalue weighted by molar-refractivity contribution is 5.80. The normalized spacial score (nSPS) is 23.0. The van der Waals surface area contributed by atoms with Crippen LogP contribution in [-0.2, 0) is 48.3 Å². The van der Waals surface area contributed by atoms with Crippen molar-refractivity contribution in [3.8, 4) is 0 Å². The van der Waals surface area contributed by atoms with Crippen LogP contribution in [0.15, 0.2) is 121 Å². The van der Waals surface area contributed by atoms with Crippen LogP contribution in [0.3, 0.4) is 0 Å². The summed E-state index contributed by atoms with van der Waals surface area (Å²) in [7, 11) is 0. The molecule has 0 unspecified atom stereocenters. The minimum absolute atomic E-state index is 0.122. The predicted octanol–water partition coefficient (Wildman–Crippen LogP) is 6.93. The summed E-state index contributed by atoms with van der Waals surface area (Å²) in [6.07, 6.45) is -3.93. The number of benzene rings is 4. The van der Waals surface area contributed by atoms with E-state index in [9.17, 15) is 4.79 Å². The molecule has 2 heterocycles. The van der Waals surface area contributed by atoms with Crippen molar-refractivity contribution in [2.75, 3.05) is 6.61 Å². The molecule has 0 bridgehead atoms. The topological polar surface area (TPSA) is 79.0 Å². The van der Waals surface area contributed by atoms with Crippen molar-refractivity contribution in [1.29, 1.82) is 0 Å². The lowest BCUT2D eigenvalue weighted by atomic mass is 9.92. The Morgan fingerprint density at radius 1 is 0.750 bits per heavy atom. The molecule has 5 aromatic rings. The zero-order valence-corrected chi connectivity index (χ0v) is 24.4. The standard InChI is InChI=1S/C37H37NO6/c1-26(39)40-25-33-35(41-22-27-13-5-2-6-14-27)37(43-24-29-17-9-4-10-18-29)36(42-23-28-15-7-3-8-16-28)34(44-33)32-21-30-19-11-12-20-31(30)38-32/h2-21,33-38H,22-25H2,1H3/t33-,34-,35-,36-,37+/m1/s1/i11D,12D,19D,20D. The van der Waals surface area contributed by atoms with Gasteiger partial charge in [-0.25, -0.2) is 0 Å². The van der Waals surface area contributed by atoms with E-state index in [2.05, 4.69) is 4.98 Å². The summed E-state index contributed by atoms with van der Waals surface area (Å²) < 4.78 is 65.6. The van der Waals surface area contributed by atoms with Crippen molar-refractivity contribution >= 4 is 16.9 Å². The van der Waals surface area contributed by atoms with Crippen molar-refractivity contribution in [3.05, 3.63) is 144 Å². The quantitative estimate of drug-likeness (QED) is 0.158. The van der Waals surface area contributed by atoms with Gasteiger partial charge in [0.2, 0.25) is 0 Å². The van der Waals surface area contributed by atoms with Gasteiger partial charge in [0.25, 0.3) is 0 Å². The molecular weight excluding hydrogens is 554 g/mol. The summed E-state index contributed by atoms with van der Waals surface area (Å²) in [6.45, 7) is 1.90. The molecule has 1 aliphatic rings. The van der Waals surface area contributed by atoms with E-state index in [0.29, 0.717) is 11.1 Å². The SMILES string of the molecule is [2H]c1c([2H])c([2H])c2[nH]c([C@H]3O[C@H](COC(C)=O)[C@@H](OCc4ccccc4)[C@H](OCc4ccccc4)[C@@H]3OCc3ccccc3)cc2c1[2H]. The highest BCUT2D eigenvalue weighted by Crippen LogP contribution is 2.39. The van der Waals surface area contributed by atoms with Crippen LogP contribution in [0.2, 0.25) is 0 Å². The van der Waals surface area contributed by atoms with Crippen LogP contribution in [0.25, 0.3) is 10.9 Å². The number of H-pyrrole nitrogens is 1. The summed E-state index contributed by atoms with van der Waals surface area (Å²) in [5, 5.41) is 0.321. The van der Waals surface area contributed by atoms with Gasteiger partial charge >= 0.3 is 5.97 Å². The van der Waals surface area contributed by atoms with Gasteiger partial charge in [0.1, 0.15) is 37.1 Å². The molecule has 226 valence electrons. The maximum absolute atomic E-state index is 12.0. The Kier molecular flexibility index (Phi) is 8.25. The van der Waals surface area contributed by atoms with Crippen LogP contribution in [0, 0.1) is 0 Å². The molecule has 1 saturated heterocycles. The molecule has 0 spiro atoms. The number of aromatic nitrogens is 1. The van der Waals surface area contributed by atoms with Gasteiger partial charge in [-0.15, -0.1) is 0 Å². The molecule has 0 radical (unpaired) electrons. The van der Waals surface area contributed by atoms with Crippen molar-refractivity contribution in [2.24, 2.45) is 0 Å². The molecule has 7 heteroatoms. The third kappa shape index (κ3) is 7.44. The lowest BCUT2D eigenvalue weighted by molar-refractivity contribution is -0.274. The third-order valence-corrected chi connectivity index (χ3v) is 7.53. The highest BCUT2D eigenvalue weighted by Gasteiger charge is 2.49. The van der Waals surface area contributed by atoms with Crippen LogP contribution >= 0.6 is 0 Å². The number of carbonyl (C=O) groups is 1. The minimum atomic E-state index is -0.860. The smallest absolute Gasteiger partial charge is 0.302 e. The lowest BCUT2D eigenvalue weighted by Crippen LogP contribution is -2.58. The van der Waals surface area contributed by atoms with Crippen LogP contribution in [0.1, 0.15) is 40.9 Å². The molecular formula is C37H37NO6. The number of esters is 1. The average Bonchev–Trinajstić information content (AvgIpc) is 3.57. The van der Waals surface area contributed by atoms with Gasteiger partial charge in [-0.3, -0.25) is 4.79 Å². The molecule has 1 aromatic heterocycles. The molecule has 5 atom stereocenters. The van der Waals surface area contributed by atoms with E-state index in [4.69, 9.17) is 29.2 Å². The molecule has 1 aliphatic heterocycles. The van der Waals surface area contributed by atoms with Gasteiger partial charge in [-0.2, -0.15) is 0 Å². The van der Waals surface area contributed by atoms with E-state index in [1.54, 1.807) is 6.07 Å². The maximum atomic E-state index is 12.0. The Balaban J connectivity index is 1.44. The Labute approximate surface area is 263 Å². The molecule has 4 aromatic carbocycles. The van der Waals surface area contributed by atoms with Crippen LogP contribution < -0.4 is 0 Å². The first kappa shape index (κ1) is 25.1. The van der Waals surface area contributed by atoms with Gasteiger partial charge in [-0.05, 0) is 34.2 Å². The van der Waals surface area contributed by atoms with E-state index >= 15 is 0 Å². The fourth-order valence-corrected chi connectivity index (χ4v) is 5.39. The van der Waals surface area contributed by atoms with Gasteiger partial charge < -0.3 is 28.7 Å². The molecule has 6 rings (SSSR count). The van der Waals surface area contributed by atoms with Crippen molar-refractivity contribution in [1.82, 2.24) is 4.98 Å². The van der Waals surface area contributed by atoms with Gasteiger partial charge in [0.05, 0.1) is 25.3 Å². The minimum Gasteiger partial charge on any atom is -0.463 e. The molecule has 1 fully saturated rings. The number of fused-ring (bicyclic) bond motifs is 1. The van der Waals surface area contributed by atoms with Crippen LogP contribution in [-0.4, -0.2) is 42.0 Å². The van der Waals surface area contributed by atoms with Crippen molar-refractivity contribution < 1.29 is 34.0 Å². The number of aromatic amines is 1. The Morgan fingerprint density at radius 3 is 1.84 bits per heavy atom. The lowest BCUT2D eigenvalue weighted by Gasteiger charge is -2.46. The molecule has 44 heavy (non-hydrogen) atoms. The maximum Gasteiger partial charge on any atom is 0.302 e. The summed E-state index contributed by atoms with van der Waals surface area (Å²) >= 11 is 0. The number of para-hydroxylation sites is 1. The van der Waals surface area contributed by atoms with E-state index in [1.165, 1.54) is 6.92 Å². The van der Waals surface area contributed by atoms with Gasteiger partial charge in [0.15, 0.2) is 0 Å². The Hall–Kier alpha value is -4.27. The monoisotopic (exact) mass is 595 g/mol. The average molecular weight is 596 g/mol. The first-order chi connectivity index (χ1) is 23.3. The molecule has 1 N–H and O–H groups in total. The fourth-order valence-electron chi connectivity index (χ4n) is 5.39. The first-order valence-corrected chi connectivity index (χ1v) is 14.6. The summed E-state index contributed by atoms with van der Waals surface area (Å²) in [4.78, 5) is 15.2. The highest BCUT2D eigenvalue weighted by atomic mass is 16.6. The van der Waals surface area contributed by atoms with E-state index in [-0.39, 0.29) is 56.1 Å². The molecule has 0 saturated carbocycles. The van der Waals surface area contributed by atoms with Crippen molar-refractivity contribution in [2.45, 2.75) is 57.3 Å². The number of rotatable bonds is 12. The zero-order valence-electron chi connectivity index (χ0n) is 28.4. The summed E-state index contributed by atoms with van der Waals surface area (Å²) in [6, 6.07) is 29.8. The van der Waals surface area contributed by atoms with E-state index < -0.39 is 36.5 Å². The second-order valence-corrected chi connectivity index (χ2v) is 10.7. The van der Waals surface area contributed by atoms with Crippen LogP contribution in [0.4, 0.5) is 0 Å². The Morgan fingerprint density at radius 2 is 1.27 bits per heavy atom. The van der Waals surface area contributed by atoms with Gasteiger partial charge in [0, 0.05) is 18.1 Å². The second kappa shape index (κ2) is 14.5. The van der Waals surface area contributed by atoms with Crippen LogP contribution in [0.5, 0.6) is 0 Å². The number of ether oxygens (including phenoxy) is 5. The summed E-state index contributed by atoms with van der Waals surface area (Å²) in [5.41, 5.74) is 3.53. The third-order valence-electron chi connectivity index (χ3n) is 7.53. The largest absolute Gasteiger partial charge is 0.463 e. The summed E-state index contributed by atoms with van der Waals surface area (Å²) in [5.74, 6) is -0.476. The number of hydrogen-bond donors (Lipinski definition) is 1. The fraction of sp³-hybridized carbons (Fsp3) is 0.270.